The summed E-state index contributed by atoms with van der Waals surface area (Å²) in [5.41, 5.74) is 3.31. The SMILES string of the molecule is NNC(=O)c1ccc(COc2cc(F)ccc2Br)c(Br)c1. The highest BCUT2D eigenvalue weighted by atomic mass is 79.9. The molecule has 0 aliphatic rings. The molecule has 0 heterocycles. The molecular weight excluding hydrogens is 407 g/mol. The van der Waals surface area contributed by atoms with Crippen molar-refractivity contribution in [2.24, 2.45) is 5.84 Å². The average molecular weight is 418 g/mol. The maximum atomic E-state index is 13.2. The monoisotopic (exact) mass is 416 g/mol. The first-order valence-electron chi connectivity index (χ1n) is 5.88. The van der Waals surface area contributed by atoms with Gasteiger partial charge in [0, 0.05) is 21.7 Å². The number of ether oxygens (including phenoxy) is 1. The fourth-order valence-electron chi connectivity index (χ4n) is 1.63. The van der Waals surface area contributed by atoms with Crippen LogP contribution in [0.5, 0.6) is 5.75 Å². The minimum absolute atomic E-state index is 0.229. The van der Waals surface area contributed by atoms with Gasteiger partial charge in [-0.05, 0) is 40.2 Å². The highest BCUT2D eigenvalue weighted by molar-refractivity contribution is 9.10. The van der Waals surface area contributed by atoms with E-state index in [9.17, 15) is 9.18 Å². The summed E-state index contributed by atoms with van der Waals surface area (Å²) in [5, 5.41) is 0. The number of hydrazine groups is 1. The molecule has 7 heteroatoms. The van der Waals surface area contributed by atoms with E-state index in [0.717, 1.165) is 5.56 Å². The highest BCUT2D eigenvalue weighted by Gasteiger charge is 2.09. The molecule has 21 heavy (non-hydrogen) atoms. The molecule has 0 aliphatic carbocycles. The Morgan fingerprint density at radius 2 is 1.95 bits per heavy atom. The second kappa shape index (κ2) is 7.02. The van der Waals surface area contributed by atoms with E-state index in [-0.39, 0.29) is 18.3 Å². The number of nitrogens with one attached hydrogen (secondary N) is 1. The van der Waals surface area contributed by atoms with Crippen LogP contribution in [0.2, 0.25) is 0 Å². The van der Waals surface area contributed by atoms with Crippen molar-refractivity contribution in [1.29, 1.82) is 0 Å². The summed E-state index contributed by atoms with van der Waals surface area (Å²) in [6, 6.07) is 9.23. The molecule has 0 aromatic heterocycles. The van der Waals surface area contributed by atoms with Crippen molar-refractivity contribution >= 4 is 37.8 Å². The number of nitrogens with two attached hydrogens (primary N) is 1. The number of hydrogen-bond donors (Lipinski definition) is 2. The molecule has 3 N–H and O–H groups in total. The fraction of sp³-hybridized carbons (Fsp3) is 0.0714. The van der Waals surface area contributed by atoms with Crippen LogP contribution in [0.4, 0.5) is 4.39 Å². The van der Waals surface area contributed by atoms with Gasteiger partial charge in [0.15, 0.2) is 0 Å². The number of hydrogen-bond acceptors (Lipinski definition) is 3. The molecule has 0 spiro atoms. The first kappa shape index (κ1) is 15.9. The molecule has 2 aromatic carbocycles. The molecule has 4 nitrogen and oxygen atoms in total. The lowest BCUT2D eigenvalue weighted by molar-refractivity contribution is 0.0953. The zero-order chi connectivity index (χ0) is 15.4. The van der Waals surface area contributed by atoms with Gasteiger partial charge in [-0.25, -0.2) is 10.2 Å². The molecule has 2 aromatic rings. The lowest BCUT2D eigenvalue weighted by atomic mass is 10.1. The Balaban J connectivity index is 2.13. The van der Waals surface area contributed by atoms with Crippen LogP contribution in [0, 0.1) is 5.82 Å². The third-order valence-electron chi connectivity index (χ3n) is 2.72. The van der Waals surface area contributed by atoms with Crippen molar-refractivity contribution in [1.82, 2.24) is 5.43 Å². The number of rotatable bonds is 4. The molecule has 110 valence electrons. The maximum Gasteiger partial charge on any atom is 0.265 e. The Labute approximate surface area is 137 Å². The van der Waals surface area contributed by atoms with Gasteiger partial charge in [-0.2, -0.15) is 0 Å². The molecule has 1 amide bonds. The number of nitrogen functional groups attached to an aromatic ring is 1. The lowest BCUT2D eigenvalue weighted by Crippen LogP contribution is -2.29. The van der Waals surface area contributed by atoms with Gasteiger partial charge in [0.25, 0.3) is 5.91 Å². The van der Waals surface area contributed by atoms with E-state index in [0.29, 0.717) is 20.3 Å². The summed E-state index contributed by atoms with van der Waals surface area (Å²) in [6.45, 7) is 0.229. The minimum Gasteiger partial charge on any atom is -0.488 e. The molecule has 0 aliphatic heterocycles. The van der Waals surface area contributed by atoms with Crippen molar-refractivity contribution < 1.29 is 13.9 Å². The zero-order valence-electron chi connectivity index (χ0n) is 10.7. The summed E-state index contributed by atoms with van der Waals surface area (Å²) in [7, 11) is 0. The Hall–Kier alpha value is -1.44. The van der Waals surface area contributed by atoms with Crippen LogP contribution < -0.4 is 16.0 Å². The van der Waals surface area contributed by atoms with Crippen molar-refractivity contribution in [3.05, 3.63) is 62.3 Å². The smallest absolute Gasteiger partial charge is 0.265 e. The normalized spacial score (nSPS) is 10.3. The van der Waals surface area contributed by atoms with Crippen LogP contribution in [0.1, 0.15) is 15.9 Å². The van der Waals surface area contributed by atoms with E-state index in [1.807, 2.05) is 0 Å². The predicted molar refractivity (Wildman–Crippen MR) is 84.2 cm³/mol. The average Bonchev–Trinajstić information content (AvgIpc) is 2.48. The van der Waals surface area contributed by atoms with E-state index in [1.165, 1.54) is 12.1 Å². The topological polar surface area (TPSA) is 64.3 Å². The molecule has 0 saturated carbocycles. The second-order valence-electron chi connectivity index (χ2n) is 4.14. The van der Waals surface area contributed by atoms with Crippen LogP contribution in [0.15, 0.2) is 45.3 Å². The molecule has 0 radical (unpaired) electrons. The Bertz CT molecular complexity index is 680. The van der Waals surface area contributed by atoms with Crippen LogP contribution in [0.3, 0.4) is 0 Å². The fourth-order valence-corrected chi connectivity index (χ4v) is 2.49. The number of halogens is 3. The van der Waals surface area contributed by atoms with Gasteiger partial charge in [-0.15, -0.1) is 0 Å². The molecule has 2 rings (SSSR count). The predicted octanol–water partition coefficient (Wildman–Crippen LogP) is 3.53. The van der Waals surface area contributed by atoms with Crippen LogP contribution in [0.25, 0.3) is 0 Å². The third-order valence-corrected chi connectivity index (χ3v) is 4.12. The summed E-state index contributed by atoms with van der Waals surface area (Å²) in [6.07, 6.45) is 0. The Morgan fingerprint density at radius 1 is 1.19 bits per heavy atom. The summed E-state index contributed by atoms with van der Waals surface area (Å²) in [5.74, 6) is 4.73. The Kier molecular flexibility index (Phi) is 5.33. The lowest BCUT2D eigenvalue weighted by Gasteiger charge is -2.10. The second-order valence-corrected chi connectivity index (χ2v) is 5.85. The van der Waals surface area contributed by atoms with E-state index in [4.69, 9.17) is 10.6 Å². The quantitative estimate of drug-likeness (QED) is 0.454. The van der Waals surface area contributed by atoms with E-state index in [1.54, 1.807) is 24.3 Å². The molecule has 0 atom stereocenters. The number of amides is 1. The van der Waals surface area contributed by atoms with Crippen molar-refractivity contribution in [2.75, 3.05) is 0 Å². The summed E-state index contributed by atoms with van der Waals surface area (Å²) < 4.78 is 20.1. The van der Waals surface area contributed by atoms with Gasteiger partial charge in [0.2, 0.25) is 0 Å². The van der Waals surface area contributed by atoms with Gasteiger partial charge in [0.05, 0.1) is 4.47 Å². The molecule has 0 unspecified atom stereocenters. The number of carbonyl (C=O) groups is 1. The maximum absolute atomic E-state index is 13.2. The standard InChI is InChI=1S/C14H11Br2FN2O2/c15-11-4-3-10(17)6-13(11)21-7-9-2-1-8(5-12(9)16)14(20)19-18/h1-6H,7,18H2,(H,19,20). The van der Waals surface area contributed by atoms with Gasteiger partial charge in [-0.3, -0.25) is 10.2 Å². The zero-order valence-corrected chi connectivity index (χ0v) is 13.9. The van der Waals surface area contributed by atoms with E-state index < -0.39 is 0 Å². The van der Waals surface area contributed by atoms with Gasteiger partial charge >= 0.3 is 0 Å². The van der Waals surface area contributed by atoms with E-state index >= 15 is 0 Å². The Morgan fingerprint density at radius 3 is 2.62 bits per heavy atom. The van der Waals surface area contributed by atoms with Crippen LogP contribution >= 0.6 is 31.9 Å². The van der Waals surface area contributed by atoms with Gasteiger partial charge < -0.3 is 4.74 Å². The highest BCUT2D eigenvalue weighted by Crippen LogP contribution is 2.27. The van der Waals surface area contributed by atoms with Crippen LogP contribution in [-0.4, -0.2) is 5.91 Å². The molecule has 0 bridgehead atoms. The summed E-state index contributed by atoms with van der Waals surface area (Å²) >= 11 is 6.66. The van der Waals surface area contributed by atoms with Gasteiger partial charge in [-0.1, -0.05) is 22.0 Å². The third kappa shape index (κ3) is 4.03. The summed E-state index contributed by atoms with van der Waals surface area (Å²) in [4.78, 5) is 11.4. The largest absolute Gasteiger partial charge is 0.488 e. The van der Waals surface area contributed by atoms with Crippen molar-refractivity contribution in [3.8, 4) is 5.75 Å². The number of benzene rings is 2. The van der Waals surface area contributed by atoms with Crippen LogP contribution in [-0.2, 0) is 6.61 Å². The molecule has 0 fully saturated rings. The first-order valence-corrected chi connectivity index (χ1v) is 7.47. The minimum atomic E-state index is -0.379. The number of carbonyl (C=O) groups excluding carboxylic acids is 1. The first-order chi connectivity index (χ1) is 10.0. The van der Waals surface area contributed by atoms with E-state index in [2.05, 4.69) is 37.3 Å². The van der Waals surface area contributed by atoms with Crippen molar-refractivity contribution in [2.45, 2.75) is 6.61 Å². The van der Waals surface area contributed by atoms with Crippen molar-refractivity contribution in [3.63, 3.8) is 0 Å². The van der Waals surface area contributed by atoms with Gasteiger partial charge in [0.1, 0.15) is 18.2 Å². The molecular formula is C14H11Br2FN2O2. The molecule has 0 saturated heterocycles.